The Hall–Kier alpha value is -2.15. The van der Waals surface area contributed by atoms with Crippen LogP contribution in [-0.4, -0.2) is 28.9 Å². The number of anilines is 1. The predicted octanol–water partition coefficient (Wildman–Crippen LogP) is 3.13. The molecule has 32 heavy (non-hydrogen) atoms. The Morgan fingerprint density at radius 1 is 1.09 bits per heavy atom. The van der Waals surface area contributed by atoms with Gasteiger partial charge >= 0.3 is 0 Å². The molecule has 1 heterocycles. The first kappa shape index (κ1) is 24.5. The Morgan fingerprint density at radius 2 is 1.84 bits per heavy atom. The summed E-state index contributed by atoms with van der Waals surface area (Å²) < 4.78 is 0. The van der Waals surface area contributed by atoms with Crippen molar-refractivity contribution in [1.29, 1.82) is 0 Å². The smallest absolute Gasteiger partial charge is 0.242 e. The van der Waals surface area contributed by atoms with Gasteiger partial charge in [0.15, 0.2) is 0 Å². The molecule has 7 heteroatoms. The molecule has 3 rings (SSSR count). The summed E-state index contributed by atoms with van der Waals surface area (Å²) in [4.78, 5) is 30.1. The first-order valence-corrected chi connectivity index (χ1v) is 12.4. The Morgan fingerprint density at radius 3 is 2.56 bits per heavy atom. The quantitative estimate of drug-likeness (QED) is 0.467. The van der Waals surface area contributed by atoms with Gasteiger partial charge in [0.2, 0.25) is 11.8 Å². The van der Waals surface area contributed by atoms with Crippen LogP contribution in [0.15, 0.2) is 18.3 Å². The van der Waals surface area contributed by atoms with Crippen molar-refractivity contribution in [3.05, 3.63) is 23.9 Å². The number of hydrogen-bond acceptors (Lipinski definition) is 5. The molecule has 0 radical (unpaired) electrons. The Balaban J connectivity index is 1.67. The standard InChI is InChI=1S/C25H41N5O2/c1-16(2)12-21(26)24(31)30-22(25(32)29-15-17-10-11-23(27)28-14-17)13-19-8-5-7-18-6-3-4-9-20(18)19/h10-11,14,16,18-22H,3-9,12-13,15,26H2,1-2H3,(H2,27,28)(H,29,32)(H,30,31)/t18?,19?,20-,21?,22+/m0/s1. The molecule has 0 saturated heterocycles. The minimum atomic E-state index is -0.597. The van der Waals surface area contributed by atoms with Gasteiger partial charge in [-0.3, -0.25) is 9.59 Å². The van der Waals surface area contributed by atoms with Crippen LogP contribution in [0, 0.1) is 23.7 Å². The molecule has 0 spiro atoms. The number of nitrogens with zero attached hydrogens (tertiary/aromatic N) is 1. The van der Waals surface area contributed by atoms with Gasteiger partial charge in [-0.2, -0.15) is 0 Å². The normalized spacial score (nSPS) is 24.9. The third-order valence-corrected chi connectivity index (χ3v) is 7.27. The second-order valence-corrected chi connectivity index (χ2v) is 10.2. The highest BCUT2D eigenvalue weighted by Crippen LogP contribution is 2.45. The highest BCUT2D eigenvalue weighted by Gasteiger charge is 2.37. The number of rotatable bonds is 9. The fourth-order valence-corrected chi connectivity index (χ4v) is 5.65. The number of fused-ring (bicyclic) bond motifs is 1. The van der Waals surface area contributed by atoms with E-state index in [-0.39, 0.29) is 11.8 Å². The summed E-state index contributed by atoms with van der Waals surface area (Å²) >= 11 is 0. The van der Waals surface area contributed by atoms with E-state index >= 15 is 0 Å². The van der Waals surface area contributed by atoms with Gasteiger partial charge in [0.1, 0.15) is 11.9 Å². The Kier molecular flexibility index (Phi) is 8.91. The van der Waals surface area contributed by atoms with Crippen LogP contribution in [0.1, 0.15) is 77.2 Å². The number of nitrogens with one attached hydrogen (secondary N) is 2. The number of pyridine rings is 1. The van der Waals surface area contributed by atoms with Gasteiger partial charge in [-0.05, 0) is 54.6 Å². The highest BCUT2D eigenvalue weighted by atomic mass is 16.2. The molecule has 2 fully saturated rings. The molecule has 3 unspecified atom stereocenters. The van der Waals surface area contributed by atoms with E-state index in [0.717, 1.165) is 17.9 Å². The van der Waals surface area contributed by atoms with Crippen LogP contribution in [0.2, 0.25) is 0 Å². The van der Waals surface area contributed by atoms with Gasteiger partial charge in [0.05, 0.1) is 6.04 Å². The molecule has 0 bridgehead atoms. The summed E-state index contributed by atoms with van der Waals surface area (Å²) in [5.74, 6) is 2.32. The van der Waals surface area contributed by atoms with Crippen molar-refractivity contribution in [3.63, 3.8) is 0 Å². The van der Waals surface area contributed by atoms with Crippen molar-refractivity contribution in [2.75, 3.05) is 5.73 Å². The van der Waals surface area contributed by atoms with Gasteiger partial charge in [-0.25, -0.2) is 4.98 Å². The molecule has 2 aliphatic carbocycles. The van der Waals surface area contributed by atoms with Gasteiger partial charge in [-0.1, -0.05) is 58.4 Å². The van der Waals surface area contributed by atoms with Gasteiger partial charge in [-0.15, -0.1) is 0 Å². The molecule has 2 amide bonds. The molecule has 0 aromatic carbocycles. The van der Waals surface area contributed by atoms with E-state index in [9.17, 15) is 9.59 Å². The van der Waals surface area contributed by atoms with E-state index in [1.54, 1.807) is 12.3 Å². The van der Waals surface area contributed by atoms with Gasteiger partial charge in [0, 0.05) is 12.7 Å². The SMILES string of the molecule is CC(C)CC(N)C(=O)N[C@H](CC1CCCC2CCCC[C@@H]21)C(=O)NCc1ccc(N)nc1. The average molecular weight is 444 g/mol. The summed E-state index contributed by atoms with van der Waals surface area (Å²) in [5.41, 5.74) is 12.6. The fraction of sp³-hybridized carbons (Fsp3) is 0.720. The zero-order valence-electron chi connectivity index (χ0n) is 19.7. The molecule has 0 aliphatic heterocycles. The molecular formula is C25H41N5O2. The van der Waals surface area contributed by atoms with Gasteiger partial charge < -0.3 is 22.1 Å². The number of carbonyl (C=O) groups is 2. The zero-order valence-corrected chi connectivity index (χ0v) is 19.7. The Bertz CT molecular complexity index is 749. The minimum absolute atomic E-state index is 0.148. The van der Waals surface area contributed by atoms with Crippen LogP contribution < -0.4 is 22.1 Å². The number of carbonyl (C=O) groups excluding carboxylic acids is 2. The number of amides is 2. The van der Waals surface area contributed by atoms with Crippen LogP contribution >= 0.6 is 0 Å². The first-order chi connectivity index (χ1) is 15.3. The fourth-order valence-electron chi connectivity index (χ4n) is 5.65. The molecule has 7 nitrogen and oxygen atoms in total. The molecule has 6 N–H and O–H groups in total. The third-order valence-electron chi connectivity index (χ3n) is 7.27. The first-order valence-electron chi connectivity index (χ1n) is 12.4. The molecule has 5 atom stereocenters. The molecule has 1 aromatic rings. The largest absolute Gasteiger partial charge is 0.384 e. The lowest BCUT2D eigenvalue weighted by Gasteiger charge is -2.42. The third kappa shape index (κ3) is 6.92. The highest BCUT2D eigenvalue weighted by molar-refractivity contribution is 5.89. The van der Waals surface area contributed by atoms with E-state index in [1.165, 1.54) is 38.5 Å². The van der Waals surface area contributed by atoms with Crippen molar-refractivity contribution >= 4 is 17.6 Å². The number of aromatic nitrogens is 1. The summed E-state index contributed by atoms with van der Waals surface area (Å²) in [6.45, 7) is 4.44. The molecule has 1 aromatic heterocycles. The summed E-state index contributed by atoms with van der Waals surface area (Å²) in [5, 5.41) is 5.99. The summed E-state index contributed by atoms with van der Waals surface area (Å²) in [6, 6.07) is 2.41. The topological polar surface area (TPSA) is 123 Å². The van der Waals surface area contributed by atoms with Crippen molar-refractivity contribution in [3.8, 4) is 0 Å². The lowest BCUT2D eigenvalue weighted by Crippen LogP contribution is -2.53. The predicted molar refractivity (Wildman–Crippen MR) is 127 cm³/mol. The summed E-state index contributed by atoms with van der Waals surface area (Å²) in [7, 11) is 0. The van der Waals surface area contributed by atoms with Crippen LogP contribution in [0.4, 0.5) is 5.82 Å². The van der Waals surface area contributed by atoms with Crippen LogP contribution in [-0.2, 0) is 16.1 Å². The lowest BCUT2D eigenvalue weighted by molar-refractivity contribution is -0.130. The number of nitrogen functional groups attached to an aromatic ring is 1. The van der Waals surface area contributed by atoms with Crippen LogP contribution in [0.3, 0.4) is 0 Å². The van der Waals surface area contributed by atoms with Crippen molar-refractivity contribution in [1.82, 2.24) is 15.6 Å². The monoisotopic (exact) mass is 443 g/mol. The van der Waals surface area contributed by atoms with Crippen LogP contribution in [0.25, 0.3) is 0 Å². The van der Waals surface area contributed by atoms with Crippen molar-refractivity contribution in [2.24, 2.45) is 29.4 Å². The van der Waals surface area contributed by atoms with E-state index in [2.05, 4.69) is 15.6 Å². The molecule has 178 valence electrons. The Labute approximate surface area is 192 Å². The minimum Gasteiger partial charge on any atom is -0.384 e. The van der Waals surface area contributed by atoms with Gasteiger partial charge in [0.25, 0.3) is 0 Å². The van der Waals surface area contributed by atoms with E-state index < -0.39 is 12.1 Å². The second kappa shape index (κ2) is 11.6. The maximum Gasteiger partial charge on any atom is 0.242 e. The maximum atomic E-state index is 13.2. The second-order valence-electron chi connectivity index (χ2n) is 10.2. The van der Waals surface area contributed by atoms with E-state index in [0.29, 0.717) is 43.0 Å². The van der Waals surface area contributed by atoms with Crippen molar-refractivity contribution < 1.29 is 9.59 Å². The molecule has 2 aliphatic rings. The summed E-state index contributed by atoms with van der Waals surface area (Å²) in [6.07, 6.45) is 11.8. The van der Waals surface area contributed by atoms with E-state index in [4.69, 9.17) is 11.5 Å². The lowest BCUT2D eigenvalue weighted by atomic mass is 9.64. The molecule has 2 saturated carbocycles. The number of nitrogens with two attached hydrogens (primary N) is 2. The zero-order chi connectivity index (χ0) is 23.1. The van der Waals surface area contributed by atoms with Crippen molar-refractivity contribution in [2.45, 2.75) is 90.3 Å². The average Bonchev–Trinajstić information content (AvgIpc) is 2.77. The molecular weight excluding hydrogens is 402 g/mol. The van der Waals surface area contributed by atoms with E-state index in [1.807, 2.05) is 19.9 Å². The van der Waals surface area contributed by atoms with Crippen LogP contribution in [0.5, 0.6) is 0 Å². The maximum absolute atomic E-state index is 13.2. The number of hydrogen-bond donors (Lipinski definition) is 4.